The zero-order valence-corrected chi connectivity index (χ0v) is 22.6. The Kier molecular flexibility index (Phi) is 9.74. The third-order valence-electron chi connectivity index (χ3n) is 5.32. The van der Waals surface area contributed by atoms with Gasteiger partial charge in [-0.15, -0.1) is 0 Å². The number of aliphatic hydroxyl groups is 1. The van der Waals surface area contributed by atoms with Crippen LogP contribution >= 0.6 is 19.4 Å². The van der Waals surface area contributed by atoms with Crippen LogP contribution < -0.4 is 21.5 Å². The number of halogens is 2. The third-order valence-corrected chi connectivity index (χ3v) is 6.89. The molecule has 1 aromatic carbocycles. The van der Waals surface area contributed by atoms with Crippen molar-refractivity contribution in [1.82, 2.24) is 9.55 Å². The van der Waals surface area contributed by atoms with E-state index in [-0.39, 0.29) is 5.75 Å². The quantitative estimate of drug-likeness (QED) is 0.207. The lowest BCUT2D eigenvalue weighted by molar-refractivity contribution is -0.156. The van der Waals surface area contributed by atoms with Crippen molar-refractivity contribution in [3.05, 3.63) is 63.2 Å². The number of carbonyl (C=O) groups excluding carboxylic acids is 1. The van der Waals surface area contributed by atoms with Crippen molar-refractivity contribution in [3.63, 3.8) is 0 Å². The Bertz CT molecular complexity index is 1410. The molecule has 39 heavy (non-hydrogen) atoms. The predicted octanol–water partition coefficient (Wildman–Crippen LogP) is 1.39. The molecule has 1 unspecified atom stereocenters. The molecule has 0 spiro atoms. The molecule has 0 radical (unpaired) electrons. The number of nitrogens with two attached hydrogens (primary N) is 1. The van der Waals surface area contributed by atoms with Crippen LogP contribution in [-0.4, -0.2) is 57.2 Å². The summed E-state index contributed by atoms with van der Waals surface area (Å²) >= 11 is 5.51. The predicted molar refractivity (Wildman–Crippen MR) is 134 cm³/mol. The minimum Gasteiger partial charge on any atom is -0.461 e. The normalized spacial score (nSPS) is 24.9. The molecule has 6 atom stereocenters. The van der Waals surface area contributed by atoms with E-state index in [4.69, 9.17) is 40.4 Å². The average Bonchev–Trinajstić information content (AvgIpc) is 3.10. The fourth-order valence-electron chi connectivity index (χ4n) is 3.50. The number of esters is 1. The summed E-state index contributed by atoms with van der Waals surface area (Å²) in [4.78, 5) is 37.8. The number of para-hydroxylation sites is 1. The van der Waals surface area contributed by atoms with Crippen LogP contribution in [0.25, 0.3) is 0 Å². The maximum absolute atomic E-state index is 14.0. The second-order valence-corrected chi connectivity index (χ2v) is 10.4. The number of carbonyl (C=O) groups is 1. The van der Waals surface area contributed by atoms with Gasteiger partial charge in [0.1, 0.15) is 18.0 Å². The van der Waals surface area contributed by atoms with Gasteiger partial charge in [-0.3, -0.25) is 23.4 Å². The van der Waals surface area contributed by atoms with Crippen molar-refractivity contribution in [2.24, 2.45) is 5.73 Å². The fraction of sp³-hybridized carbons (Fsp3) is 0.435. The second-order valence-electron chi connectivity index (χ2n) is 8.65. The summed E-state index contributed by atoms with van der Waals surface area (Å²) in [6.45, 7) is 3.75. The van der Waals surface area contributed by atoms with E-state index >= 15 is 0 Å². The molecule has 0 saturated carbocycles. The second kappa shape index (κ2) is 12.4. The first-order valence-corrected chi connectivity index (χ1v) is 13.3. The summed E-state index contributed by atoms with van der Waals surface area (Å²) < 4.78 is 55.0. The number of aliphatic hydroxyl groups excluding tert-OH is 1. The molecule has 1 aliphatic heterocycles. The van der Waals surface area contributed by atoms with Crippen molar-refractivity contribution in [2.45, 2.75) is 57.0 Å². The van der Waals surface area contributed by atoms with Gasteiger partial charge < -0.3 is 24.8 Å². The van der Waals surface area contributed by atoms with Crippen LogP contribution in [0.5, 0.6) is 5.75 Å². The summed E-state index contributed by atoms with van der Waals surface area (Å²) in [6, 6.07) is 7.74. The van der Waals surface area contributed by atoms with Gasteiger partial charge in [0.05, 0.1) is 18.9 Å². The molecule has 2 aromatic rings. The maximum atomic E-state index is 14.0. The van der Waals surface area contributed by atoms with E-state index in [9.17, 15) is 28.4 Å². The monoisotopic (exact) mass is 589 g/mol. The lowest BCUT2D eigenvalue weighted by atomic mass is 9.92. The van der Waals surface area contributed by atoms with E-state index < -0.39 is 73.6 Å². The number of phosphoric acid groups is 1. The number of ether oxygens (including phenoxy) is 2. The van der Waals surface area contributed by atoms with E-state index in [1.807, 2.05) is 5.38 Å². The fourth-order valence-corrected chi connectivity index (χ4v) is 5.01. The van der Waals surface area contributed by atoms with E-state index in [0.717, 1.165) is 0 Å². The van der Waals surface area contributed by atoms with Gasteiger partial charge in [-0.25, -0.2) is 14.2 Å². The van der Waals surface area contributed by atoms with Crippen molar-refractivity contribution in [1.29, 1.82) is 0 Å². The average molecular weight is 590 g/mol. The molecule has 212 valence electrons. The number of hydrogen-bond donors (Lipinski definition) is 3. The molecule has 1 saturated heterocycles. The number of aromatic amines is 1. The number of benzene rings is 1. The molecule has 2 heterocycles. The van der Waals surface area contributed by atoms with Crippen molar-refractivity contribution in [3.8, 4) is 17.0 Å². The minimum absolute atomic E-state index is 0.0625. The number of phosphoric ester groups is 1. The van der Waals surface area contributed by atoms with Crippen LogP contribution in [-0.2, 0) is 27.9 Å². The van der Waals surface area contributed by atoms with Crippen LogP contribution in [0.3, 0.4) is 0 Å². The summed E-state index contributed by atoms with van der Waals surface area (Å²) in [5.41, 5.74) is 1.68. The zero-order valence-electron chi connectivity index (χ0n) is 20.9. The summed E-state index contributed by atoms with van der Waals surface area (Å²) in [6.07, 6.45) is -6.27. The molecule has 0 aliphatic carbocycles. The van der Waals surface area contributed by atoms with Crippen LogP contribution in [0.2, 0.25) is 0 Å². The van der Waals surface area contributed by atoms with Crippen molar-refractivity contribution in [2.75, 3.05) is 6.61 Å². The molecule has 3 rings (SSSR count). The van der Waals surface area contributed by atoms with Gasteiger partial charge in [0.15, 0.2) is 17.9 Å². The molecule has 1 aromatic heterocycles. The SMILES string of the molecule is CC(C)OC(=O)[C@H](C)O[P@](=O)(OC[C@H]1O[C@@H](n2cc(F)c(=O)[nH]c2=O)[C@@](N)(C#CCl)C1O)Oc1ccccc1. The van der Waals surface area contributed by atoms with Crippen molar-refractivity contribution >= 4 is 25.4 Å². The lowest BCUT2D eigenvalue weighted by Crippen LogP contribution is -2.55. The van der Waals surface area contributed by atoms with E-state index in [1.165, 1.54) is 19.1 Å². The smallest absolute Gasteiger partial charge is 0.461 e. The largest absolute Gasteiger partial charge is 0.530 e. The Morgan fingerprint density at radius 2 is 2.00 bits per heavy atom. The number of hydrogen-bond acceptors (Lipinski definition) is 11. The van der Waals surface area contributed by atoms with E-state index in [1.54, 1.807) is 37.0 Å². The highest BCUT2D eigenvalue weighted by atomic mass is 35.5. The highest BCUT2D eigenvalue weighted by molar-refractivity contribution is 7.49. The third kappa shape index (κ3) is 7.14. The molecule has 0 bridgehead atoms. The van der Waals surface area contributed by atoms with Gasteiger partial charge in [0.2, 0.25) is 5.82 Å². The van der Waals surface area contributed by atoms with Crippen molar-refractivity contribution < 1.29 is 41.9 Å². The van der Waals surface area contributed by atoms with Gasteiger partial charge in [-0.1, -0.05) is 24.1 Å². The molecule has 16 heteroatoms. The van der Waals surface area contributed by atoms with Gasteiger partial charge in [0, 0.05) is 5.38 Å². The highest BCUT2D eigenvalue weighted by Crippen LogP contribution is 2.51. The topological polar surface area (TPSA) is 181 Å². The van der Waals surface area contributed by atoms with Gasteiger partial charge in [0.25, 0.3) is 5.56 Å². The molecule has 0 amide bonds. The van der Waals surface area contributed by atoms with E-state index in [2.05, 4.69) is 5.92 Å². The molecular formula is C23H26ClFN3O10P. The number of rotatable bonds is 10. The maximum Gasteiger partial charge on any atom is 0.530 e. The van der Waals surface area contributed by atoms with Crippen LogP contribution in [0.15, 0.2) is 46.1 Å². The first kappa shape index (κ1) is 30.5. The Morgan fingerprint density at radius 1 is 1.33 bits per heavy atom. The van der Waals surface area contributed by atoms with Gasteiger partial charge in [-0.2, -0.15) is 4.39 Å². The number of nitrogens with one attached hydrogen (secondary N) is 1. The molecular weight excluding hydrogens is 564 g/mol. The first-order chi connectivity index (χ1) is 18.3. The van der Waals surface area contributed by atoms with Crippen LogP contribution in [0, 0.1) is 17.1 Å². The van der Waals surface area contributed by atoms with E-state index in [0.29, 0.717) is 10.8 Å². The number of nitrogens with zero attached hydrogens (tertiary/aromatic N) is 1. The lowest BCUT2D eigenvalue weighted by Gasteiger charge is -2.27. The van der Waals surface area contributed by atoms with Crippen LogP contribution in [0.4, 0.5) is 4.39 Å². The standard InChI is InChI=1S/C23H26ClFN3O10P/c1-13(2)35-20(31)14(3)37-39(33,38-15-7-5-4-6-8-15)34-12-17-18(29)23(26,9-10-24)21(36-17)28-11-16(25)19(30)27-22(28)32/h4-8,11,13-14,17-18,21,29H,12,26H2,1-3H3,(H,27,30,32)/t14-,17+,18?,21+,23+,39-/m0/s1. The molecule has 1 fully saturated rings. The van der Waals surface area contributed by atoms with Crippen LogP contribution in [0.1, 0.15) is 27.0 Å². The molecule has 1 aliphatic rings. The Balaban J connectivity index is 1.89. The zero-order chi connectivity index (χ0) is 29.0. The first-order valence-electron chi connectivity index (χ1n) is 11.4. The molecule has 13 nitrogen and oxygen atoms in total. The number of aromatic nitrogens is 2. The molecule has 4 N–H and O–H groups in total. The summed E-state index contributed by atoms with van der Waals surface area (Å²) in [5.74, 6) is 0.182. The Morgan fingerprint density at radius 3 is 2.62 bits per heavy atom. The Labute approximate surface area is 226 Å². The summed E-state index contributed by atoms with van der Waals surface area (Å²) in [7, 11) is -4.62. The minimum atomic E-state index is -4.62. The van der Waals surface area contributed by atoms with Gasteiger partial charge in [-0.05, 0) is 44.5 Å². The van der Waals surface area contributed by atoms with Gasteiger partial charge >= 0.3 is 19.5 Å². The Hall–Kier alpha value is -3.02. The number of H-pyrrole nitrogens is 1. The summed E-state index contributed by atoms with van der Waals surface area (Å²) in [5, 5.41) is 12.9. The highest BCUT2D eigenvalue weighted by Gasteiger charge is 2.55.